The van der Waals surface area contributed by atoms with E-state index in [1.807, 2.05) is 22.5 Å². The lowest BCUT2D eigenvalue weighted by molar-refractivity contribution is -0.137. The van der Waals surface area contributed by atoms with Crippen LogP contribution in [0.25, 0.3) is 11.5 Å². The van der Waals surface area contributed by atoms with Crippen LogP contribution in [-0.2, 0) is 11.3 Å². The molecule has 7 nitrogen and oxygen atoms in total. The van der Waals surface area contributed by atoms with Gasteiger partial charge >= 0.3 is 0 Å². The first-order chi connectivity index (χ1) is 9.25. The predicted molar refractivity (Wildman–Crippen MR) is 65.9 cm³/mol. The summed E-state index contributed by atoms with van der Waals surface area (Å²) in [5.41, 5.74) is 0.790. The van der Waals surface area contributed by atoms with Gasteiger partial charge in [-0.15, -0.1) is 10.2 Å². The van der Waals surface area contributed by atoms with Crippen molar-refractivity contribution in [3.8, 4) is 11.5 Å². The van der Waals surface area contributed by atoms with E-state index in [1.165, 1.54) is 0 Å². The third-order valence-electron chi connectivity index (χ3n) is 3.84. The molecule has 2 aromatic rings. The van der Waals surface area contributed by atoms with Gasteiger partial charge in [0, 0.05) is 12.2 Å². The van der Waals surface area contributed by atoms with E-state index in [1.54, 1.807) is 6.20 Å². The molecule has 4 rings (SSSR count). The summed E-state index contributed by atoms with van der Waals surface area (Å²) in [7, 11) is 0. The average Bonchev–Trinajstić information content (AvgIpc) is 2.95. The highest BCUT2D eigenvalue weighted by Gasteiger charge is 2.40. The highest BCUT2D eigenvalue weighted by Crippen LogP contribution is 2.34. The Hall–Kier alpha value is -2.18. The number of nitrogens with zero attached hydrogens (tertiary/aromatic N) is 5. The van der Waals surface area contributed by atoms with Crippen LogP contribution in [0.15, 0.2) is 12.3 Å². The average molecular weight is 258 g/mol. The molecule has 1 fully saturated rings. The molecule has 1 N–H and O–H groups in total. The summed E-state index contributed by atoms with van der Waals surface area (Å²) in [6, 6.07) is 2.00. The first-order valence-corrected chi connectivity index (χ1v) is 6.49. The van der Waals surface area contributed by atoms with Crippen molar-refractivity contribution < 1.29 is 4.79 Å². The standard InChI is InChI=1S/C12H14N6O/c1-7-12(19)17(8-2-3-8)6-10-15-16-11(18(7)10)9-4-5-13-14-9/h4-5,7-8H,2-3,6H2,1H3,(H,13,14). The second kappa shape index (κ2) is 3.66. The van der Waals surface area contributed by atoms with Gasteiger partial charge in [-0.25, -0.2) is 0 Å². The van der Waals surface area contributed by atoms with Crippen LogP contribution >= 0.6 is 0 Å². The SMILES string of the molecule is CC1C(=O)N(C2CC2)Cc2nnc(-c3ccn[nH]3)n21. The van der Waals surface area contributed by atoms with E-state index >= 15 is 0 Å². The van der Waals surface area contributed by atoms with Crippen LogP contribution in [-0.4, -0.2) is 41.8 Å². The maximum absolute atomic E-state index is 12.4. The number of aromatic nitrogens is 5. The van der Waals surface area contributed by atoms with Gasteiger partial charge in [0.25, 0.3) is 0 Å². The Bertz CT molecular complexity index is 627. The zero-order valence-electron chi connectivity index (χ0n) is 10.6. The molecule has 1 aliphatic heterocycles. The number of aromatic amines is 1. The molecule has 1 amide bonds. The number of carbonyl (C=O) groups excluding carboxylic acids is 1. The number of rotatable bonds is 2. The van der Waals surface area contributed by atoms with Gasteiger partial charge < -0.3 is 4.90 Å². The number of amides is 1. The number of H-pyrrole nitrogens is 1. The first kappa shape index (κ1) is 10.7. The summed E-state index contributed by atoms with van der Waals surface area (Å²) in [5.74, 6) is 1.70. The van der Waals surface area contributed by atoms with Crippen molar-refractivity contribution in [1.29, 1.82) is 0 Å². The molecular formula is C12H14N6O. The van der Waals surface area contributed by atoms with Crippen LogP contribution in [0, 0.1) is 0 Å². The molecule has 1 unspecified atom stereocenters. The second-order valence-corrected chi connectivity index (χ2v) is 5.15. The van der Waals surface area contributed by atoms with Crippen LogP contribution in [0.1, 0.15) is 31.6 Å². The summed E-state index contributed by atoms with van der Waals surface area (Å²) >= 11 is 0. The fourth-order valence-corrected chi connectivity index (χ4v) is 2.68. The molecule has 0 bridgehead atoms. The molecule has 2 aromatic heterocycles. The van der Waals surface area contributed by atoms with Gasteiger partial charge in [-0.2, -0.15) is 5.10 Å². The molecule has 1 saturated carbocycles. The van der Waals surface area contributed by atoms with Gasteiger partial charge in [-0.1, -0.05) is 0 Å². The minimum atomic E-state index is -0.252. The van der Waals surface area contributed by atoms with E-state index in [0.29, 0.717) is 18.4 Å². The summed E-state index contributed by atoms with van der Waals surface area (Å²) < 4.78 is 1.91. The molecule has 98 valence electrons. The molecule has 7 heteroatoms. The molecule has 1 aliphatic carbocycles. The minimum Gasteiger partial charge on any atom is -0.330 e. The van der Waals surface area contributed by atoms with E-state index in [0.717, 1.165) is 24.4 Å². The minimum absolute atomic E-state index is 0.163. The summed E-state index contributed by atoms with van der Waals surface area (Å²) in [5, 5.41) is 15.2. The number of hydrogen-bond acceptors (Lipinski definition) is 4. The van der Waals surface area contributed by atoms with E-state index in [9.17, 15) is 4.79 Å². The van der Waals surface area contributed by atoms with Crippen molar-refractivity contribution in [2.24, 2.45) is 0 Å². The maximum atomic E-state index is 12.4. The van der Waals surface area contributed by atoms with Crippen molar-refractivity contribution in [3.05, 3.63) is 18.1 Å². The molecule has 0 spiro atoms. The van der Waals surface area contributed by atoms with Crippen LogP contribution in [0.2, 0.25) is 0 Å². The molecule has 3 heterocycles. The van der Waals surface area contributed by atoms with Gasteiger partial charge in [0.05, 0.1) is 6.54 Å². The number of nitrogens with one attached hydrogen (secondary N) is 1. The van der Waals surface area contributed by atoms with Gasteiger partial charge in [-0.3, -0.25) is 14.5 Å². The van der Waals surface area contributed by atoms with Gasteiger partial charge in [0.1, 0.15) is 11.7 Å². The lowest BCUT2D eigenvalue weighted by atomic mass is 10.2. The van der Waals surface area contributed by atoms with Crippen LogP contribution in [0.4, 0.5) is 0 Å². The third kappa shape index (κ3) is 1.50. The van der Waals surface area contributed by atoms with Gasteiger partial charge in [-0.05, 0) is 25.8 Å². The topological polar surface area (TPSA) is 79.7 Å². The quantitative estimate of drug-likeness (QED) is 0.861. The smallest absolute Gasteiger partial charge is 0.246 e. The fourth-order valence-electron chi connectivity index (χ4n) is 2.68. The van der Waals surface area contributed by atoms with Crippen molar-refractivity contribution in [1.82, 2.24) is 29.9 Å². The molecule has 2 aliphatic rings. The van der Waals surface area contributed by atoms with Crippen LogP contribution in [0.5, 0.6) is 0 Å². The van der Waals surface area contributed by atoms with Crippen molar-refractivity contribution in [2.45, 2.75) is 38.4 Å². The molecule has 1 atom stereocenters. The summed E-state index contributed by atoms with van der Waals surface area (Å²) in [4.78, 5) is 14.3. The summed E-state index contributed by atoms with van der Waals surface area (Å²) in [6.45, 7) is 2.47. The molecule has 0 aromatic carbocycles. The second-order valence-electron chi connectivity index (χ2n) is 5.15. The Labute approximate surface area is 109 Å². The number of hydrogen-bond donors (Lipinski definition) is 1. The van der Waals surface area contributed by atoms with Crippen molar-refractivity contribution in [3.63, 3.8) is 0 Å². The van der Waals surface area contributed by atoms with E-state index < -0.39 is 0 Å². The third-order valence-corrected chi connectivity index (χ3v) is 3.84. The fraction of sp³-hybridized carbons (Fsp3) is 0.500. The van der Waals surface area contributed by atoms with Crippen LogP contribution < -0.4 is 0 Å². The maximum Gasteiger partial charge on any atom is 0.246 e. The van der Waals surface area contributed by atoms with Crippen molar-refractivity contribution >= 4 is 5.91 Å². The first-order valence-electron chi connectivity index (χ1n) is 6.49. The Kier molecular flexibility index (Phi) is 2.06. The van der Waals surface area contributed by atoms with Crippen molar-refractivity contribution in [2.75, 3.05) is 0 Å². The van der Waals surface area contributed by atoms with Gasteiger partial charge in [0.15, 0.2) is 11.6 Å². The Morgan fingerprint density at radius 1 is 1.37 bits per heavy atom. The molecule has 19 heavy (non-hydrogen) atoms. The Morgan fingerprint density at radius 2 is 2.21 bits per heavy atom. The highest BCUT2D eigenvalue weighted by atomic mass is 16.2. The van der Waals surface area contributed by atoms with E-state index in [-0.39, 0.29) is 11.9 Å². The lowest BCUT2D eigenvalue weighted by Gasteiger charge is -2.32. The van der Waals surface area contributed by atoms with Gasteiger partial charge in [0.2, 0.25) is 5.91 Å². The Balaban J connectivity index is 1.79. The molecule has 0 saturated heterocycles. The van der Waals surface area contributed by atoms with Crippen LogP contribution in [0.3, 0.4) is 0 Å². The Morgan fingerprint density at radius 3 is 2.89 bits per heavy atom. The largest absolute Gasteiger partial charge is 0.330 e. The highest BCUT2D eigenvalue weighted by molar-refractivity contribution is 5.82. The number of fused-ring (bicyclic) bond motifs is 1. The zero-order valence-corrected chi connectivity index (χ0v) is 10.6. The molecular weight excluding hydrogens is 244 g/mol. The van der Waals surface area contributed by atoms with E-state index in [2.05, 4.69) is 20.4 Å². The zero-order chi connectivity index (χ0) is 13.0. The molecule has 0 radical (unpaired) electrons. The summed E-state index contributed by atoms with van der Waals surface area (Å²) in [6.07, 6.45) is 3.89. The number of carbonyl (C=O) groups is 1. The normalized spacial score (nSPS) is 22.7. The lowest BCUT2D eigenvalue weighted by Crippen LogP contribution is -2.43. The van der Waals surface area contributed by atoms with E-state index in [4.69, 9.17) is 0 Å². The predicted octanol–water partition coefficient (Wildman–Crippen LogP) is 0.734. The monoisotopic (exact) mass is 258 g/mol.